The van der Waals surface area contributed by atoms with E-state index in [1.165, 1.54) is 56.9 Å². The number of nitrogens with two attached hydrogens (primary N) is 1. The number of guanidine groups is 1. The molecule has 3 rings (SSSR count). The number of aryl methyl sites for hydroxylation is 1. The van der Waals surface area contributed by atoms with Crippen molar-refractivity contribution in [1.82, 2.24) is 15.0 Å². The second-order valence-corrected chi connectivity index (χ2v) is 8.98. The first kappa shape index (κ1) is 23.3. The molecule has 1 saturated heterocycles. The third kappa shape index (κ3) is 7.67. The molecule has 1 fully saturated rings. The number of hydrogen-bond acceptors (Lipinski definition) is 4. The van der Waals surface area contributed by atoms with Crippen LogP contribution in [0.3, 0.4) is 0 Å². The molecule has 6 nitrogen and oxygen atoms in total. The minimum Gasteiger partial charge on any atom is -0.370 e. The molecule has 0 amide bonds. The molecule has 1 aliphatic rings. The highest BCUT2D eigenvalue weighted by Gasteiger charge is 2.23. The minimum atomic E-state index is 0.156. The summed E-state index contributed by atoms with van der Waals surface area (Å²) < 4.78 is 5.51. The molecule has 2 aromatic rings. The number of unbranched alkanes of at least 4 members (excludes halogenated alkanes) is 7. The molecule has 3 N–H and O–H groups in total. The molecule has 1 aliphatic heterocycles. The monoisotopic (exact) mass is 425 g/mol. The van der Waals surface area contributed by atoms with Gasteiger partial charge in [-0.2, -0.15) is 4.98 Å². The normalized spacial score (nSPS) is 16.5. The lowest BCUT2D eigenvalue weighted by Crippen LogP contribution is -2.43. The highest BCUT2D eigenvalue weighted by Crippen LogP contribution is 2.22. The fourth-order valence-corrected chi connectivity index (χ4v) is 4.44. The van der Waals surface area contributed by atoms with Gasteiger partial charge in [0.15, 0.2) is 5.96 Å². The van der Waals surface area contributed by atoms with Crippen LogP contribution in [-0.4, -0.2) is 34.1 Å². The molecule has 1 unspecified atom stereocenters. The van der Waals surface area contributed by atoms with Gasteiger partial charge in [-0.05, 0) is 37.2 Å². The number of likely N-dealkylation sites (tertiary alicyclic amines) is 1. The van der Waals surface area contributed by atoms with Crippen LogP contribution in [0.25, 0.3) is 11.4 Å². The molecule has 0 spiro atoms. The predicted octanol–water partition coefficient (Wildman–Crippen LogP) is 5.57. The average molecular weight is 426 g/mol. The van der Waals surface area contributed by atoms with E-state index in [-0.39, 0.29) is 5.96 Å². The van der Waals surface area contributed by atoms with E-state index in [0.29, 0.717) is 17.6 Å². The third-order valence-electron chi connectivity index (χ3n) is 6.32. The molecule has 1 aromatic heterocycles. The van der Waals surface area contributed by atoms with Gasteiger partial charge in [0.1, 0.15) is 0 Å². The standard InChI is InChI=1S/C25H39N5O/c1-2-3-4-5-6-7-8-9-11-20-13-15-22(16-14-20)24-28-23(31-29-24)18-21-12-10-17-30(19-21)25(26)27/h13-16,21H,2-12,17-19H2,1H3,(H3,26,27). The Hall–Kier alpha value is -2.37. The van der Waals surface area contributed by atoms with E-state index < -0.39 is 0 Å². The van der Waals surface area contributed by atoms with Gasteiger partial charge in [0, 0.05) is 25.1 Å². The summed E-state index contributed by atoms with van der Waals surface area (Å²) in [6, 6.07) is 8.59. The van der Waals surface area contributed by atoms with E-state index in [0.717, 1.165) is 44.3 Å². The average Bonchev–Trinajstić information content (AvgIpc) is 3.24. The van der Waals surface area contributed by atoms with Gasteiger partial charge >= 0.3 is 0 Å². The zero-order valence-corrected chi connectivity index (χ0v) is 19.1. The van der Waals surface area contributed by atoms with E-state index in [4.69, 9.17) is 15.7 Å². The van der Waals surface area contributed by atoms with Crippen LogP contribution in [0.15, 0.2) is 28.8 Å². The Morgan fingerprint density at radius 3 is 2.52 bits per heavy atom. The van der Waals surface area contributed by atoms with Crippen LogP contribution >= 0.6 is 0 Å². The molecule has 0 radical (unpaired) electrons. The predicted molar refractivity (Wildman–Crippen MR) is 126 cm³/mol. The van der Waals surface area contributed by atoms with Crippen molar-refractivity contribution in [1.29, 1.82) is 5.41 Å². The Kier molecular flexibility index (Phi) is 9.38. The van der Waals surface area contributed by atoms with Crippen LogP contribution in [0.2, 0.25) is 0 Å². The number of nitrogens with zero attached hydrogens (tertiary/aromatic N) is 3. The Morgan fingerprint density at radius 1 is 1.10 bits per heavy atom. The minimum absolute atomic E-state index is 0.156. The van der Waals surface area contributed by atoms with Gasteiger partial charge in [-0.1, -0.05) is 81.3 Å². The second-order valence-electron chi connectivity index (χ2n) is 8.98. The van der Waals surface area contributed by atoms with Gasteiger partial charge in [-0.15, -0.1) is 0 Å². The number of aromatic nitrogens is 2. The first-order valence-corrected chi connectivity index (χ1v) is 12.2. The second kappa shape index (κ2) is 12.5. The number of hydrogen-bond donors (Lipinski definition) is 2. The van der Waals surface area contributed by atoms with E-state index >= 15 is 0 Å². The lowest BCUT2D eigenvalue weighted by atomic mass is 9.95. The summed E-state index contributed by atoms with van der Waals surface area (Å²) in [6.07, 6.45) is 14.9. The topological polar surface area (TPSA) is 92.0 Å². The summed E-state index contributed by atoms with van der Waals surface area (Å²) in [5, 5.41) is 11.8. The molecular weight excluding hydrogens is 386 g/mol. The fourth-order valence-electron chi connectivity index (χ4n) is 4.44. The van der Waals surface area contributed by atoms with Crippen LogP contribution in [0.5, 0.6) is 0 Å². The first-order chi connectivity index (χ1) is 15.2. The lowest BCUT2D eigenvalue weighted by molar-refractivity contribution is 0.237. The molecule has 0 saturated carbocycles. The van der Waals surface area contributed by atoms with Crippen LogP contribution in [-0.2, 0) is 12.8 Å². The molecule has 31 heavy (non-hydrogen) atoms. The van der Waals surface area contributed by atoms with Crippen molar-refractivity contribution in [3.63, 3.8) is 0 Å². The number of nitrogens with one attached hydrogen (secondary N) is 1. The van der Waals surface area contributed by atoms with Crippen LogP contribution in [0, 0.1) is 11.3 Å². The Morgan fingerprint density at radius 2 is 1.81 bits per heavy atom. The number of benzene rings is 1. The van der Waals surface area contributed by atoms with Crippen LogP contribution in [0.4, 0.5) is 0 Å². The molecule has 2 heterocycles. The summed E-state index contributed by atoms with van der Waals surface area (Å²) in [7, 11) is 0. The van der Waals surface area contributed by atoms with E-state index in [9.17, 15) is 0 Å². The van der Waals surface area contributed by atoms with Gasteiger partial charge < -0.3 is 15.2 Å². The van der Waals surface area contributed by atoms with Crippen molar-refractivity contribution in [2.45, 2.75) is 84.0 Å². The summed E-state index contributed by atoms with van der Waals surface area (Å²) in [5.74, 6) is 1.89. The number of piperidine rings is 1. The third-order valence-corrected chi connectivity index (χ3v) is 6.32. The van der Waals surface area contributed by atoms with Crippen molar-refractivity contribution < 1.29 is 4.52 Å². The van der Waals surface area contributed by atoms with Crippen molar-refractivity contribution >= 4 is 5.96 Å². The molecule has 170 valence electrons. The quantitative estimate of drug-likeness (QED) is 0.263. The van der Waals surface area contributed by atoms with Gasteiger partial charge in [-0.3, -0.25) is 5.41 Å². The maximum atomic E-state index is 7.64. The van der Waals surface area contributed by atoms with E-state index in [1.54, 1.807) is 0 Å². The summed E-state index contributed by atoms with van der Waals surface area (Å²) in [4.78, 5) is 6.54. The molecule has 6 heteroatoms. The zero-order valence-electron chi connectivity index (χ0n) is 19.1. The largest absolute Gasteiger partial charge is 0.370 e. The van der Waals surface area contributed by atoms with Crippen LogP contribution in [0.1, 0.15) is 82.6 Å². The molecule has 0 bridgehead atoms. The molecule has 0 aliphatic carbocycles. The smallest absolute Gasteiger partial charge is 0.227 e. The van der Waals surface area contributed by atoms with E-state index in [2.05, 4.69) is 41.3 Å². The Bertz CT molecular complexity index is 785. The SMILES string of the molecule is CCCCCCCCCCc1ccc(-c2noc(CC3CCCN(C(=N)N)C3)n2)cc1. The highest BCUT2D eigenvalue weighted by atomic mass is 16.5. The Labute approximate surface area is 187 Å². The van der Waals surface area contributed by atoms with Gasteiger partial charge in [-0.25, -0.2) is 0 Å². The van der Waals surface area contributed by atoms with Crippen molar-refractivity contribution in [3.8, 4) is 11.4 Å². The number of rotatable bonds is 12. The van der Waals surface area contributed by atoms with Gasteiger partial charge in [0.2, 0.25) is 11.7 Å². The van der Waals surface area contributed by atoms with Gasteiger partial charge in [0.05, 0.1) is 0 Å². The summed E-state index contributed by atoms with van der Waals surface area (Å²) >= 11 is 0. The Balaban J connectivity index is 1.41. The zero-order chi connectivity index (χ0) is 21.9. The van der Waals surface area contributed by atoms with Crippen LogP contribution < -0.4 is 5.73 Å². The summed E-state index contributed by atoms with van der Waals surface area (Å²) in [5.41, 5.74) is 8.02. The molecule has 1 atom stereocenters. The highest BCUT2D eigenvalue weighted by molar-refractivity contribution is 5.74. The van der Waals surface area contributed by atoms with E-state index in [1.807, 2.05) is 4.90 Å². The molecule has 1 aromatic carbocycles. The first-order valence-electron chi connectivity index (χ1n) is 12.2. The lowest BCUT2D eigenvalue weighted by Gasteiger charge is -2.32. The summed E-state index contributed by atoms with van der Waals surface area (Å²) in [6.45, 7) is 3.93. The maximum Gasteiger partial charge on any atom is 0.227 e. The maximum absolute atomic E-state index is 7.64. The van der Waals surface area contributed by atoms with Crippen molar-refractivity contribution in [2.75, 3.05) is 13.1 Å². The fraction of sp³-hybridized carbons (Fsp3) is 0.640. The van der Waals surface area contributed by atoms with Gasteiger partial charge in [0.25, 0.3) is 0 Å². The van der Waals surface area contributed by atoms with Crippen molar-refractivity contribution in [2.24, 2.45) is 11.7 Å². The molecular formula is C25H39N5O. The van der Waals surface area contributed by atoms with Crippen molar-refractivity contribution in [3.05, 3.63) is 35.7 Å².